The first-order chi connectivity index (χ1) is 15.6. The van der Waals surface area contributed by atoms with Crippen LogP contribution < -0.4 is 15.6 Å². The molecule has 0 spiro atoms. The van der Waals surface area contributed by atoms with E-state index in [0.29, 0.717) is 28.4 Å². The maximum atomic E-state index is 12.9. The molecule has 2 N–H and O–H groups in total. The lowest BCUT2D eigenvalue weighted by Gasteiger charge is -2.32. The molecule has 1 fully saturated rings. The van der Waals surface area contributed by atoms with Crippen molar-refractivity contribution in [1.29, 1.82) is 0 Å². The Hall–Kier alpha value is -3.46. The van der Waals surface area contributed by atoms with E-state index in [1.54, 1.807) is 36.7 Å². The molecule has 0 saturated carbocycles. The van der Waals surface area contributed by atoms with E-state index in [4.69, 9.17) is 4.74 Å². The molecule has 4 heterocycles. The molecule has 0 radical (unpaired) electrons. The number of aromatic amines is 1. The molecule has 9 heteroatoms. The van der Waals surface area contributed by atoms with E-state index < -0.39 is 0 Å². The molecule has 9 nitrogen and oxygen atoms in total. The Morgan fingerprint density at radius 1 is 1.25 bits per heavy atom. The molecule has 0 aromatic carbocycles. The van der Waals surface area contributed by atoms with Crippen molar-refractivity contribution in [1.82, 2.24) is 30.0 Å². The molecule has 1 saturated heterocycles. The fourth-order valence-corrected chi connectivity index (χ4v) is 3.97. The topological polar surface area (TPSA) is 105 Å². The summed E-state index contributed by atoms with van der Waals surface area (Å²) in [4.78, 5) is 36.3. The lowest BCUT2D eigenvalue weighted by Crippen LogP contribution is -2.44. The fourth-order valence-electron chi connectivity index (χ4n) is 3.97. The summed E-state index contributed by atoms with van der Waals surface area (Å²) < 4.78 is 6.47. The van der Waals surface area contributed by atoms with Gasteiger partial charge in [-0.15, -0.1) is 0 Å². The van der Waals surface area contributed by atoms with Crippen LogP contribution in [0.3, 0.4) is 0 Å². The molecular formula is C23H28N6O3. The summed E-state index contributed by atoms with van der Waals surface area (Å²) in [6, 6.07) is 6.97. The molecular weight excluding hydrogens is 408 g/mol. The second-order valence-electron chi connectivity index (χ2n) is 7.91. The van der Waals surface area contributed by atoms with Gasteiger partial charge in [0, 0.05) is 43.8 Å². The first-order valence-electron chi connectivity index (χ1n) is 10.9. The fraction of sp³-hybridized carbons (Fsp3) is 0.391. The van der Waals surface area contributed by atoms with Crippen LogP contribution in [0.25, 0.3) is 16.9 Å². The van der Waals surface area contributed by atoms with Gasteiger partial charge in [-0.1, -0.05) is 6.92 Å². The van der Waals surface area contributed by atoms with Crippen LogP contribution in [-0.4, -0.2) is 63.3 Å². The average Bonchev–Trinajstić information content (AvgIpc) is 3.22. The van der Waals surface area contributed by atoms with E-state index in [9.17, 15) is 9.59 Å². The van der Waals surface area contributed by atoms with Gasteiger partial charge >= 0.3 is 0 Å². The molecule has 3 aromatic heterocycles. The number of piperidine rings is 1. The monoisotopic (exact) mass is 436 g/mol. The summed E-state index contributed by atoms with van der Waals surface area (Å²) >= 11 is 0. The molecule has 0 atom stereocenters. The Morgan fingerprint density at radius 2 is 2.06 bits per heavy atom. The molecule has 168 valence electrons. The van der Waals surface area contributed by atoms with Crippen LogP contribution >= 0.6 is 0 Å². The first-order valence-corrected chi connectivity index (χ1v) is 10.9. The van der Waals surface area contributed by atoms with Crippen LogP contribution in [0.4, 0.5) is 0 Å². The van der Waals surface area contributed by atoms with Crippen LogP contribution in [-0.2, 0) is 0 Å². The summed E-state index contributed by atoms with van der Waals surface area (Å²) in [6.07, 6.45) is 7.76. The summed E-state index contributed by atoms with van der Waals surface area (Å²) in [5, 5.41) is 6.04. The average molecular weight is 437 g/mol. The summed E-state index contributed by atoms with van der Waals surface area (Å²) in [6.45, 7) is 5.32. The minimum atomic E-state index is -0.248. The van der Waals surface area contributed by atoms with E-state index >= 15 is 0 Å². The maximum Gasteiger partial charge on any atom is 0.280 e. The van der Waals surface area contributed by atoms with Gasteiger partial charge in [0.25, 0.3) is 11.5 Å². The predicted molar refractivity (Wildman–Crippen MR) is 121 cm³/mol. The standard InChI is InChI=1S/C23H28N6O3/c1-3-10-28-11-7-18(8-12-28)27-22(30)17-4-5-20(25-14-17)29-23(31)19(15-26-29)16-6-9-24-21(13-16)32-2/h4-6,9,13-15,18,26H,3,7-8,10-12H2,1-2H3,(H,27,30). The van der Waals surface area contributed by atoms with Crippen LogP contribution in [0, 0.1) is 0 Å². The minimum absolute atomic E-state index is 0.138. The lowest BCUT2D eigenvalue weighted by molar-refractivity contribution is 0.0911. The number of hydrogen-bond acceptors (Lipinski definition) is 6. The highest BCUT2D eigenvalue weighted by atomic mass is 16.5. The highest BCUT2D eigenvalue weighted by Gasteiger charge is 2.21. The lowest BCUT2D eigenvalue weighted by atomic mass is 10.0. The molecule has 0 bridgehead atoms. The van der Waals surface area contributed by atoms with Crippen LogP contribution in [0.2, 0.25) is 0 Å². The number of aromatic nitrogens is 4. The number of likely N-dealkylation sites (tertiary alicyclic amines) is 1. The smallest absolute Gasteiger partial charge is 0.280 e. The van der Waals surface area contributed by atoms with Gasteiger partial charge in [0.05, 0.1) is 18.2 Å². The van der Waals surface area contributed by atoms with E-state index in [1.807, 2.05) is 0 Å². The van der Waals surface area contributed by atoms with Crippen molar-refractivity contribution in [2.24, 2.45) is 0 Å². The number of nitrogens with zero attached hydrogens (tertiary/aromatic N) is 4. The first kappa shape index (κ1) is 21.8. The number of carbonyl (C=O) groups is 1. The molecule has 32 heavy (non-hydrogen) atoms. The van der Waals surface area contributed by atoms with Crippen molar-refractivity contribution in [3.05, 3.63) is 58.8 Å². The number of nitrogens with one attached hydrogen (secondary N) is 2. The van der Waals surface area contributed by atoms with E-state index in [-0.39, 0.29) is 17.5 Å². The molecule has 4 rings (SSSR count). The van der Waals surface area contributed by atoms with Gasteiger partial charge in [0.1, 0.15) is 0 Å². The Bertz CT molecular complexity index is 1110. The predicted octanol–water partition coefficient (Wildman–Crippen LogP) is 2.24. The van der Waals surface area contributed by atoms with Crippen molar-refractivity contribution < 1.29 is 9.53 Å². The number of rotatable bonds is 7. The summed E-state index contributed by atoms with van der Waals surface area (Å²) in [5.41, 5.74) is 1.40. The van der Waals surface area contributed by atoms with Crippen molar-refractivity contribution in [3.63, 3.8) is 0 Å². The number of ether oxygens (including phenoxy) is 1. The number of carbonyl (C=O) groups excluding carboxylic acids is 1. The molecule has 1 amide bonds. The molecule has 1 aliphatic rings. The Kier molecular flexibility index (Phi) is 6.65. The largest absolute Gasteiger partial charge is 0.481 e. The number of amides is 1. The van der Waals surface area contributed by atoms with E-state index in [1.165, 1.54) is 18.0 Å². The van der Waals surface area contributed by atoms with Crippen molar-refractivity contribution in [2.45, 2.75) is 32.2 Å². The number of methoxy groups -OCH3 is 1. The Morgan fingerprint density at radius 3 is 2.75 bits per heavy atom. The van der Waals surface area contributed by atoms with Gasteiger partial charge in [-0.05, 0) is 49.6 Å². The summed E-state index contributed by atoms with van der Waals surface area (Å²) in [5.74, 6) is 0.701. The zero-order valence-corrected chi connectivity index (χ0v) is 18.4. The quantitative estimate of drug-likeness (QED) is 0.589. The number of H-pyrrole nitrogens is 1. The van der Waals surface area contributed by atoms with E-state index in [2.05, 4.69) is 32.2 Å². The molecule has 3 aromatic rings. The van der Waals surface area contributed by atoms with E-state index in [0.717, 1.165) is 38.9 Å². The minimum Gasteiger partial charge on any atom is -0.481 e. The summed E-state index contributed by atoms with van der Waals surface area (Å²) in [7, 11) is 1.53. The van der Waals surface area contributed by atoms with Gasteiger partial charge < -0.3 is 15.0 Å². The van der Waals surface area contributed by atoms with Crippen molar-refractivity contribution >= 4 is 5.91 Å². The second-order valence-corrected chi connectivity index (χ2v) is 7.91. The third-order valence-corrected chi connectivity index (χ3v) is 5.73. The number of hydrogen-bond donors (Lipinski definition) is 2. The van der Waals surface area contributed by atoms with Crippen molar-refractivity contribution in [3.8, 4) is 22.8 Å². The van der Waals surface area contributed by atoms with Crippen molar-refractivity contribution in [2.75, 3.05) is 26.7 Å². The Balaban J connectivity index is 1.43. The second kappa shape index (κ2) is 9.78. The van der Waals surface area contributed by atoms with Crippen LogP contribution in [0.5, 0.6) is 5.88 Å². The maximum absolute atomic E-state index is 12.9. The third kappa shape index (κ3) is 4.72. The zero-order valence-electron chi connectivity index (χ0n) is 18.4. The third-order valence-electron chi connectivity index (χ3n) is 5.73. The molecule has 0 aliphatic carbocycles. The SMILES string of the molecule is CCCN1CCC(NC(=O)c2ccc(-n3[nH]cc(-c4ccnc(OC)c4)c3=O)nc2)CC1. The highest BCUT2D eigenvalue weighted by Crippen LogP contribution is 2.19. The van der Waals surface area contributed by atoms with Gasteiger partial charge in [-0.25, -0.2) is 14.6 Å². The Labute approximate surface area is 186 Å². The normalized spacial score (nSPS) is 14.9. The molecule has 1 aliphatic heterocycles. The van der Waals surface area contributed by atoms with Gasteiger partial charge in [0.2, 0.25) is 5.88 Å². The van der Waals surface area contributed by atoms with Gasteiger partial charge in [-0.2, -0.15) is 0 Å². The highest BCUT2D eigenvalue weighted by molar-refractivity contribution is 5.94. The van der Waals surface area contributed by atoms with Crippen LogP contribution in [0.15, 0.2) is 47.7 Å². The van der Waals surface area contributed by atoms with Crippen LogP contribution in [0.1, 0.15) is 36.5 Å². The molecule has 0 unspecified atom stereocenters. The zero-order chi connectivity index (χ0) is 22.5. The number of pyridine rings is 2. The van der Waals surface area contributed by atoms with Gasteiger partial charge in [-0.3, -0.25) is 14.7 Å². The van der Waals surface area contributed by atoms with Gasteiger partial charge in [0.15, 0.2) is 5.82 Å².